The van der Waals surface area contributed by atoms with Crippen molar-refractivity contribution < 1.29 is 28.9 Å². The Labute approximate surface area is 181 Å². The van der Waals surface area contributed by atoms with Crippen molar-refractivity contribution >= 4 is 22.5 Å². The first-order valence-corrected chi connectivity index (χ1v) is 10.9. The first kappa shape index (κ1) is 20.9. The number of rotatable bonds is 6. The summed E-state index contributed by atoms with van der Waals surface area (Å²) >= 11 is 0. The second-order valence-electron chi connectivity index (χ2n) is 7.89. The quantitative estimate of drug-likeness (QED) is 0.531. The number of carbonyl (C=O) groups excluding carboxylic acids is 1. The lowest BCUT2D eigenvalue weighted by molar-refractivity contribution is -0.830. The Hall–Kier alpha value is -3.35. The van der Waals surface area contributed by atoms with Gasteiger partial charge in [-0.15, -0.1) is 0 Å². The van der Waals surface area contributed by atoms with Crippen molar-refractivity contribution in [1.82, 2.24) is 0 Å². The SMILES string of the molecule is CCOc1ccc(NC(=O)C[n+]2c(O)[n+](C3CCCCC3)c(O)c3ccccc32)cc1. The molecule has 0 bridgehead atoms. The second-order valence-corrected chi connectivity index (χ2v) is 7.89. The molecule has 162 valence electrons. The number of nitrogens with one attached hydrogen (secondary N) is 1. The van der Waals surface area contributed by atoms with Crippen molar-refractivity contribution in [2.75, 3.05) is 11.9 Å². The van der Waals surface area contributed by atoms with E-state index in [1.54, 1.807) is 39.5 Å². The van der Waals surface area contributed by atoms with E-state index in [-0.39, 0.29) is 30.4 Å². The van der Waals surface area contributed by atoms with E-state index in [0.29, 0.717) is 23.2 Å². The van der Waals surface area contributed by atoms with Crippen molar-refractivity contribution in [3.8, 4) is 17.6 Å². The number of hydrogen-bond acceptors (Lipinski definition) is 4. The molecular weight excluding hydrogens is 394 g/mol. The van der Waals surface area contributed by atoms with E-state index in [1.807, 2.05) is 25.1 Å². The number of carbonyl (C=O) groups is 1. The van der Waals surface area contributed by atoms with Gasteiger partial charge in [-0.2, -0.15) is 0 Å². The van der Waals surface area contributed by atoms with Gasteiger partial charge in [0, 0.05) is 24.6 Å². The van der Waals surface area contributed by atoms with Crippen LogP contribution in [0.4, 0.5) is 5.69 Å². The van der Waals surface area contributed by atoms with Crippen LogP contribution in [-0.4, -0.2) is 22.7 Å². The highest BCUT2D eigenvalue weighted by Gasteiger charge is 2.39. The van der Waals surface area contributed by atoms with Crippen molar-refractivity contribution in [2.45, 2.75) is 51.6 Å². The molecule has 1 saturated carbocycles. The fourth-order valence-electron chi connectivity index (χ4n) is 4.34. The predicted molar refractivity (Wildman–Crippen MR) is 116 cm³/mol. The molecule has 4 rings (SSSR count). The lowest BCUT2D eigenvalue weighted by Gasteiger charge is -2.17. The maximum Gasteiger partial charge on any atom is 0.632 e. The highest BCUT2D eigenvalue weighted by molar-refractivity contribution is 5.90. The molecule has 1 heterocycles. The molecule has 2 aromatic carbocycles. The summed E-state index contributed by atoms with van der Waals surface area (Å²) in [4.78, 5) is 12.8. The maximum absolute atomic E-state index is 12.8. The highest BCUT2D eigenvalue weighted by atomic mass is 16.5. The van der Waals surface area contributed by atoms with E-state index in [0.717, 1.165) is 37.9 Å². The van der Waals surface area contributed by atoms with Crippen LogP contribution < -0.4 is 19.2 Å². The average Bonchev–Trinajstić information content (AvgIpc) is 2.79. The topological polar surface area (TPSA) is 86.5 Å². The van der Waals surface area contributed by atoms with Gasteiger partial charge in [0.2, 0.25) is 12.1 Å². The fourth-order valence-corrected chi connectivity index (χ4v) is 4.34. The molecule has 1 aromatic heterocycles. The summed E-state index contributed by atoms with van der Waals surface area (Å²) in [7, 11) is 0. The van der Waals surface area contributed by atoms with Gasteiger partial charge >= 0.3 is 11.9 Å². The summed E-state index contributed by atoms with van der Waals surface area (Å²) in [5, 5.41) is 25.5. The van der Waals surface area contributed by atoms with Crippen LogP contribution in [0.15, 0.2) is 48.5 Å². The van der Waals surface area contributed by atoms with Crippen molar-refractivity contribution in [1.29, 1.82) is 0 Å². The molecule has 0 atom stereocenters. The number of amides is 1. The van der Waals surface area contributed by atoms with Gasteiger partial charge in [-0.1, -0.05) is 27.7 Å². The van der Waals surface area contributed by atoms with E-state index in [2.05, 4.69) is 5.32 Å². The van der Waals surface area contributed by atoms with Gasteiger partial charge < -0.3 is 20.3 Å². The number of aromatic hydroxyl groups is 2. The molecule has 7 heteroatoms. The second kappa shape index (κ2) is 9.20. The van der Waals surface area contributed by atoms with E-state index in [4.69, 9.17) is 4.74 Å². The molecular formula is C24H29N3O4+2. The molecule has 0 unspecified atom stereocenters. The first-order valence-electron chi connectivity index (χ1n) is 10.9. The molecule has 3 aromatic rings. The van der Waals surface area contributed by atoms with Crippen LogP contribution in [0.1, 0.15) is 45.1 Å². The van der Waals surface area contributed by atoms with Crippen LogP contribution in [0.2, 0.25) is 0 Å². The zero-order valence-corrected chi connectivity index (χ0v) is 17.8. The number of para-hydroxylation sites is 1. The number of aromatic nitrogens is 2. The van der Waals surface area contributed by atoms with Crippen LogP contribution in [0.25, 0.3) is 10.9 Å². The molecule has 7 nitrogen and oxygen atoms in total. The third-order valence-corrected chi connectivity index (χ3v) is 5.81. The van der Waals surface area contributed by atoms with Gasteiger partial charge in [0.15, 0.2) is 11.4 Å². The summed E-state index contributed by atoms with van der Waals surface area (Å²) < 4.78 is 8.58. The number of benzene rings is 2. The first-order chi connectivity index (χ1) is 15.1. The van der Waals surface area contributed by atoms with Gasteiger partial charge in [0.25, 0.3) is 5.91 Å². The minimum absolute atomic E-state index is 0.0128. The zero-order chi connectivity index (χ0) is 21.8. The standard InChI is InChI=1S/C24H27N3O4/c1-2-31-19-14-12-17(13-15-19)25-22(28)16-26-21-11-7-6-10-20(21)23(29)27(24(26)30)18-8-4-3-5-9-18/h6-7,10-15,18H,2-5,8-9,16H2,1H3,(H,25,28)/p+2. The van der Waals surface area contributed by atoms with Crippen molar-refractivity contribution in [3.05, 3.63) is 48.5 Å². The molecule has 1 aliphatic carbocycles. The Bertz CT molecular complexity index is 1080. The highest BCUT2D eigenvalue weighted by Crippen LogP contribution is 2.29. The summed E-state index contributed by atoms with van der Waals surface area (Å²) in [5.41, 5.74) is 1.25. The van der Waals surface area contributed by atoms with Crippen LogP contribution in [0.5, 0.6) is 17.6 Å². The number of hydrogen-bond donors (Lipinski definition) is 3. The van der Waals surface area contributed by atoms with Gasteiger partial charge in [0.05, 0.1) is 6.61 Å². The minimum Gasteiger partial charge on any atom is -0.494 e. The summed E-state index contributed by atoms with van der Waals surface area (Å²) in [6.45, 7) is 2.42. The number of ether oxygens (including phenoxy) is 1. The Morgan fingerprint density at radius 3 is 2.48 bits per heavy atom. The smallest absolute Gasteiger partial charge is 0.494 e. The van der Waals surface area contributed by atoms with E-state index in [9.17, 15) is 15.0 Å². The molecule has 1 aliphatic rings. The lowest BCUT2D eigenvalue weighted by Crippen LogP contribution is -2.53. The molecule has 0 aliphatic heterocycles. The monoisotopic (exact) mass is 423 g/mol. The molecule has 0 spiro atoms. The van der Waals surface area contributed by atoms with E-state index in [1.165, 1.54) is 0 Å². The maximum atomic E-state index is 12.8. The van der Waals surface area contributed by atoms with Crippen molar-refractivity contribution in [2.24, 2.45) is 0 Å². The molecule has 0 radical (unpaired) electrons. The molecule has 31 heavy (non-hydrogen) atoms. The molecule has 1 amide bonds. The van der Waals surface area contributed by atoms with E-state index >= 15 is 0 Å². The summed E-state index contributed by atoms with van der Waals surface area (Å²) in [6.07, 6.45) is 5.06. The number of anilines is 1. The Kier molecular flexibility index (Phi) is 6.21. The number of nitrogens with zero attached hydrogens (tertiary/aromatic N) is 2. The molecule has 0 saturated heterocycles. The molecule has 3 N–H and O–H groups in total. The van der Waals surface area contributed by atoms with Gasteiger partial charge in [-0.3, -0.25) is 4.79 Å². The number of fused-ring (bicyclic) bond motifs is 1. The Balaban J connectivity index is 1.65. The Morgan fingerprint density at radius 1 is 1.06 bits per heavy atom. The minimum atomic E-state index is -0.268. The van der Waals surface area contributed by atoms with Crippen LogP contribution in [0.3, 0.4) is 0 Å². The van der Waals surface area contributed by atoms with Gasteiger partial charge in [-0.05, 0) is 50.1 Å². The van der Waals surface area contributed by atoms with Crippen molar-refractivity contribution in [3.63, 3.8) is 0 Å². The third kappa shape index (κ3) is 4.40. The van der Waals surface area contributed by atoms with E-state index < -0.39 is 0 Å². The van der Waals surface area contributed by atoms with Crippen LogP contribution in [0, 0.1) is 0 Å². The average molecular weight is 424 g/mol. The van der Waals surface area contributed by atoms with Gasteiger partial charge in [-0.25, -0.2) is 0 Å². The lowest BCUT2D eigenvalue weighted by atomic mass is 9.95. The van der Waals surface area contributed by atoms with Crippen LogP contribution >= 0.6 is 0 Å². The third-order valence-electron chi connectivity index (χ3n) is 5.81. The normalized spacial score (nSPS) is 14.5. The zero-order valence-electron chi connectivity index (χ0n) is 17.8. The summed E-state index contributed by atoms with van der Waals surface area (Å²) in [6, 6.07) is 14.3. The fraction of sp³-hybridized carbons (Fsp3) is 0.375. The van der Waals surface area contributed by atoms with Crippen LogP contribution in [-0.2, 0) is 11.3 Å². The van der Waals surface area contributed by atoms with Gasteiger partial charge in [0.1, 0.15) is 5.75 Å². The largest absolute Gasteiger partial charge is 0.632 e. The molecule has 1 fully saturated rings. The Morgan fingerprint density at radius 2 is 1.77 bits per heavy atom. The predicted octanol–water partition coefficient (Wildman–Crippen LogP) is 3.37. The summed E-state index contributed by atoms with van der Waals surface area (Å²) in [5.74, 6) is 0.518.